The van der Waals surface area contributed by atoms with Gasteiger partial charge in [-0.1, -0.05) is 87.0 Å². The van der Waals surface area contributed by atoms with Gasteiger partial charge in [0.05, 0.1) is 6.10 Å². The van der Waals surface area contributed by atoms with Crippen LogP contribution in [0.4, 0.5) is 0 Å². The molecule has 0 bridgehead atoms. The molecule has 0 heterocycles. The monoisotopic (exact) mass is 450 g/mol. The topological polar surface area (TPSA) is 20.2 Å². The minimum atomic E-state index is 0.0202. The van der Waals surface area contributed by atoms with Gasteiger partial charge in [0.2, 0.25) is 0 Å². The van der Waals surface area contributed by atoms with Crippen molar-refractivity contribution in [1.82, 2.24) is 0 Å². The first-order chi connectivity index (χ1) is 15.5. The lowest BCUT2D eigenvalue weighted by atomic mass is 9.66. The van der Waals surface area contributed by atoms with Crippen molar-refractivity contribution in [1.29, 1.82) is 0 Å². The maximum atomic E-state index is 9.66. The van der Waals surface area contributed by atoms with Crippen molar-refractivity contribution in [3.63, 3.8) is 0 Å². The molecule has 0 amide bonds. The van der Waals surface area contributed by atoms with E-state index >= 15 is 0 Å². The van der Waals surface area contributed by atoms with Crippen LogP contribution in [-0.2, 0) is 0 Å². The smallest absolute Gasteiger partial charge is 0.0540 e. The second-order valence-corrected chi connectivity index (χ2v) is 11.6. The third-order valence-corrected chi connectivity index (χ3v) is 9.26. The first-order valence-electron chi connectivity index (χ1n) is 15.2. The molecule has 0 aromatic heterocycles. The van der Waals surface area contributed by atoms with E-state index in [1.165, 1.54) is 89.9 Å². The summed E-state index contributed by atoms with van der Waals surface area (Å²) in [7, 11) is 0. The molecule has 0 atom stereocenters. The third-order valence-electron chi connectivity index (χ3n) is 9.26. The Bertz CT molecular complexity index is 360. The van der Waals surface area contributed by atoms with E-state index in [-0.39, 0.29) is 6.10 Å². The van der Waals surface area contributed by atoms with E-state index < -0.39 is 0 Å². The van der Waals surface area contributed by atoms with Crippen LogP contribution in [-0.4, -0.2) is 11.2 Å². The van der Waals surface area contributed by atoms with Gasteiger partial charge in [-0.3, -0.25) is 0 Å². The summed E-state index contributed by atoms with van der Waals surface area (Å²) in [6.45, 7) is 15.2. The van der Waals surface area contributed by atoms with Crippen LogP contribution in [0.5, 0.6) is 0 Å². The fourth-order valence-corrected chi connectivity index (χ4v) is 6.84. The normalized spacial score (nSPS) is 39.8. The summed E-state index contributed by atoms with van der Waals surface area (Å²) in [6.07, 6.45) is 22.7. The molecule has 0 aromatic rings. The van der Waals surface area contributed by atoms with Crippen molar-refractivity contribution in [3.05, 3.63) is 0 Å². The molecule has 1 N–H and O–H groups in total. The highest BCUT2D eigenvalue weighted by Gasteiger charge is 2.33. The molecule has 0 spiro atoms. The van der Waals surface area contributed by atoms with Crippen LogP contribution >= 0.6 is 0 Å². The van der Waals surface area contributed by atoms with Gasteiger partial charge >= 0.3 is 0 Å². The Balaban J connectivity index is 0.000000357. The lowest BCUT2D eigenvalue weighted by molar-refractivity contribution is 0.0673. The fourth-order valence-electron chi connectivity index (χ4n) is 6.84. The molecule has 192 valence electrons. The predicted molar refractivity (Wildman–Crippen MR) is 144 cm³/mol. The first kappa shape index (κ1) is 30.0. The zero-order valence-corrected chi connectivity index (χ0v) is 23.4. The Morgan fingerprint density at radius 1 is 0.344 bits per heavy atom. The van der Waals surface area contributed by atoms with Gasteiger partial charge in [-0.25, -0.2) is 0 Å². The van der Waals surface area contributed by atoms with Crippen molar-refractivity contribution >= 4 is 0 Å². The average Bonchev–Trinajstić information content (AvgIpc) is 2.85. The van der Waals surface area contributed by atoms with E-state index in [1.807, 2.05) is 27.7 Å². The van der Waals surface area contributed by atoms with Crippen LogP contribution in [0.15, 0.2) is 0 Å². The second kappa shape index (κ2) is 17.4. The molecule has 0 aliphatic heterocycles. The van der Waals surface area contributed by atoms with Crippen molar-refractivity contribution in [2.75, 3.05) is 0 Å². The number of aliphatic hydroxyl groups is 1. The van der Waals surface area contributed by atoms with Gasteiger partial charge in [-0.15, -0.1) is 0 Å². The van der Waals surface area contributed by atoms with Gasteiger partial charge in [0.1, 0.15) is 0 Å². The molecule has 4 fully saturated rings. The molecule has 0 unspecified atom stereocenters. The van der Waals surface area contributed by atoms with Crippen LogP contribution in [0.25, 0.3) is 0 Å². The van der Waals surface area contributed by atoms with Gasteiger partial charge in [-0.2, -0.15) is 0 Å². The Morgan fingerprint density at radius 2 is 0.531 bits per heavy atom. The fraction of sp³-hybridized carbons (Fsp3) is 1.00. The van der Waals surface area contributed by atoms with Crippen LogP contribution in [0, 0.1) is 41.4 Å². The molecule has 32 heavy (non-hydrogen) atoms. The van der Waals surface area contributed by atoms with Crippen LogP contribution in [0.2, 0.25) is 0 Å². The summed E-state index contributed by atoms with van der Waals surface area (Å²) in [5.74, 6) is 7.12. The Hall–Kier alpha value is -0.0400. The summed E-state index contributed by atoms with van der Waals surface area (Å²) >= 11 is 0. The Kier molecular flexibility index (Phi) is 16.3. The first-order valence-corrected chi connectivity index (χ1v) is 15.2. The summed E-state index contributed by atoms with van der Waals surface area (Å²) in [6, 6.07) is 0. The molecule has 0 aromatic carbocycles. The highest BCUT2D eigenvalue weighted by molar-refractivity contribution is 4.85. The molecule has 1 heteroatoms. The van der Waals surface area contributed by atoms with Gasteiger partial charge in [0.25, 0.3) is 0 Å². The molecular formula is C31H62O. The second-order valence-electron chi connectivity index (χ2n) is 11.6. The van der Waals surface area contributed by atoms with E-state index in [1.54, 1.807) is 0 Å². The zero-order chi connectivity index (χ0) is 23.9. The van der Waals surface area contributed by atoms with Gasteiger partial charge < -0.3 is 5.11 Å². The number of hydrogen-bond acceptors (Lipinski definition) is 1. The van der Waals surface area contributed by atoms with E-state index in [0.29, 0.717) is 0 Å². The molecule has 4 aliphatic rings. The molecule has 4 saturated carbocycles. The highest BCUT2D eigenvalue weighted by atomic mass is 16.3. The van der Waals surface area contributed by atoms with E-state index in [4.69, 9.17) is 0 Å². The average molecular weight is 451 g/mol. The number of hydrogen-bond donors (Lipinski definition) is 1. The lowest BCUT2D eigenvalue weighted by Gasteiger charge is -2.40. The van der Waals surface area contributed by atoms with Crippen molar-refractivity contribution in [2.24, 2.45) is 41.4 Å². The minimum Gasteiger partial charge on any atom is -0.393 e. The van der Waals surface area contributed by atoms with Crippen LogP contribution in [0.1, 0.15) is 151 Å². The molecule has 4 aliphatic carbocycles. The SMILES string of the molecule is CC.CC.CC1CCC(C)CC1.CC1CCC(C2CCC(C3CCC(O)CC3)CC2)CC1. The van der Waals surface area contributed by atoms with E-state index in [0.717, 1.165) is 54.3 Å². The van der Waals surface area contributed by atoms with Crippen molar-refractivity contribution in [2.45, 2.75) is 157 Å². The van der Waals surface area contributed by atoms with Crippen LogP contribution in [0.3, 0.4) is 0 Å². The van der Waals surface area contributed by atoms with E-state index in [2.05, 4.69) is 20.8 Å². The molecule has 4 rings (SSSR count). The van der Waals surface area contributed by atoms with Crippen molar-refractivity contribution in [3.8, 4) is 0 Å². The summed E-state index contributed by atoms with van der Waals surface area (Å²) in [5, 5.41) is 9.66. The highest BCUT2D eigenvalue weighted by Crippen LogP contribution is 2.45. The zero-order valence-electron chi connectivity index (χ0n) is 23.4. The van der Waals surface area contributed by atoms with Gasteiger partial charge in [0, 0.05) is 0 Å². The van der Waals surface area contributed by atoms with Gasteiger partial charge in [0.15, 0.2) is 0 Å². The summed E-state index contributed by atoms with van der Waals surface area (Å²) in [5.41, 5.74) is 0. The van der Waals surface area contributed by atoms with Crippen molar-refractivity contribution < 1.29 is 5.11 Å². The maximum absolute atomic E-state index is 9.66. The quantitative estimate of drug-likeness (QED) is 0.443. The summed E-state index contributed by atoms with van der Waals surface area (Å²) < 4.78 is 0. The summed E-state index contributed by atoms with van der Waals surface area (Å²) in [4.78, 5) is 0. The number of rotatable bonds is 2. The van der Waals surface area contributed by atoms with E-state index in [9.17, 15) is 5.11 Å². The predicted octanol–water partition coefficient (Wildman–Crippen LogP) is 10.1. The third kappa shape index (κ3) is 10.9. The maximum Gasteiger partial charge on any atom is 0.0540 e. The van der Waals surface area contributed by atoms with Gasteiger partial charge in [-0.05, 0) is 106 Å². The van der Waals surface area contributed by atoms with Crippen LogP contribution < -0.4 is 0 Å². The molecular weight excluding hydrogens is 388 g/mol. The largest absolute Gasteiger partial charge is 0.393 e. The molecule has 1 nitrogen and oxygen atoms in total. The Labute approximate surface area is 203 Å². The minimum absolute atomic E-state index is 0.0202. The standard InChI is InChI=1S/C19H34O.C8H16.2C2H6/c1-14-2-4-15(5-3-14)16-6-8-17(9-7-16)18-10-12-19(20)13-11-18;1-7-3-5-8(2)6-4-7;2*1-2/h14-20H,2-13H2,1H3;7-8H,3-6H2,1-2H3;2*1-2H3. The Morgan fingerprint density at radius 3 is 0.812 bits per heavy atom. The lowest BCUT2D eigenvalue weighted by Crippen LogP contribution is -2.30. The molecule has 0 saturated heterocycles. The molecule has 0 radical (unpaired) electrons. The number of aliphatic hydroxyl groups excluding tert-OH is 1.